The Morgan fingerprint density at radius 3 is 2.36 bits per heavy atom. The van der Waals surface area contributed by atoms with Gasteiger partial charge in [0.15, 0.2) is 6.29 Å². The van der Waals surface area contributed by atoms with E-state index in [9.17, 15) is 9.90 Å². The minimum absolute atomic E-state index is 0.0978. The van der Waals surface area contributed by atoms with Gasteiger partial charge in [-0.1, -0.05) is 31.5 Å². The fraction of sp³-hybridized carbons (Fsp3) is 0.588. The maximum atomic E-state index is 12.3. The molecule has 0 amide bonds. The van der Waals surface area contributed by atoms with E-state index in [0.717, 1.165) is 81.8 Å². The number of piperazine rings is 1. The zero-order valence-corrected chi connectivity index (χ0v) is 26.8. The molecule has 0 aromatic heterocycles. The lowest BCUT2D eigenvalue weighted by Crippen LogP contribution is -2.59. The average Bonchev–Trinajstić information content (AvgIpc) is 2.95. The number of aliphatic imine (C=N–C) groups is 1. The molecule has 2 fully saturated rings. The van der Waals surface area contributed by atoms with E-state index in [2.05, 4.69) is 86.0 Å². The molecule has 2 aromatic carbocycles. The molecule has 3 unspecified atom stereocenters. The largest absolute Gasteiger partial charge is 0.508 e. The number of carbonyl (C=O) groups is 1. The van der Waals surface area contributed by atoms with Gasteiger partial charge in [-0.15, -0.1) is 0 Å². The van der Waals surface area contributed by atoms with Crippen LogP contribution < -0.4 is 5.32 Å². The van der Waals surface area contributed by atoms with Crippen LogP contribution in [-0.4, -0.2) is 109 Å². The molecule has 0 saturated carbocycles. The number of carbonyl (C=O) groups excluding carboxylic acids is 1. The van der Waals surface area contributed by atoms with Crippen molar-refractivity contribution in [3.05, 3.63) is 59.2 Å². The third-order valence-corrected chi connectivity index (χ3v) is 9.13. The van der Waals surface area contributed by atoms with Gasteiger partial charge in [0.1, 0.15) is 11.6 Å². The van der Waals surface area contributed by atoms with Crippen LogP contribution in [0.25, 0.3) is 0 Å². The lowest BCUT2D eigenvalue weighted by atomic mass is 9.79. The van der Waals surface area contributed by atoms with Crippen molar-refractivity contribution in [2.45, 2.75) is 76.7 Å². The van der Waals surface area contributed by atoms with Crippen molar-refractivity contribution in [3.63, 3.8) is 0 Å². The summed E-state index contributed by atoms with van der Waals surface area (Å²) in [7, 11) is 8.39. The number of aromatic hydroxyl groups is 1. The Bertz CT molecular complexity index is 1210. The zero-order valence-electron chi connectivity index (χ0n) is 26.8. The quantitative estimate of drug-likeness (QED) is 0.241. The van der Waals surface area contributed by atoms with E-state index in [-0.39, 0.29) is 11.6 Å². The molecule has 0 radical (unpaired) electrons. The van der Waals surface area contributed by atoms with E-state index in [4.69, 9.17) is 4.99 Å². The first-order valence-corrected chi connectivity index (χ1v) is 15.6. The highest BCUT2D eigenvalue weighted by Crippen LogP contribution is 2.39. The van der Waals surface area contributed by atoms with Gasteiger partial charge in [-0.25, -0.2) is 4.99 Å². The first-order valence-electron chi connectivity index (χ1n) is 15.6. The summed E-state index contributed by atoms with van der Waals surface area (Å²) in [4.78, 5) is 26.9. The molecule has 0 bridgehead atoms. The summed E-state index contributed by atoms with van der Waals surface area (Å²) in [5, 5.41) is 13.8. The Morgan fingerprint density at radius 2 is 1.79 bits per heavy atom. The monoisotopic (exact) mass is 576 g/mol. The summed E-state index contributed by atoms with van der Waals surface area (Å²) in [5.74, 6) is 1.33. The molecule has 2 aliphatic heterocycles. The Labute approximate surface area is 253 Å². The highest BCUT2D eigenvalue weighted by molar-refractivity contribution is 5.92. The number of nitrogens with one attached hydrogen (secondary N) is 1. The maximum Gasteiger partial charge on any atom is 0.152 e. The van der Waals surface area contributed by atoms with Crippen LogP contribution in [-0.2, 0) is 12.1 Å². The molecule has 42 heavy (non-hydrogen) atoms. The molecule has 3 atom stereocenters. The maximum absolute atomic E-state index is 12.3. The van der Waals surface area contributed by atoms with Crippen LogP contribution in [0.15, 0.2) is 47.5 Å². The summed E-state index contributed by atoms with van der Waals surface area (Å²) >= 11 is 0. The first kappa shape index (κ1) is 32.1. The van der Waals surface area contributed by atoms with Crippen molar-refractivity contribution in [2.24, 2.45) is 4.99 Å². The van der Waals surface area contributed by atoms with Crippen LogP contribution in [0.2, 0.25) is 0 Å². The second-order valence-electron chi connectivity index (χ2n) is 12.9. The number of amidine groups is 1. The molecule has 8 nitrogen and oxygen atoms in total. The summed E-state index contributed by atoms with van der Waals surface area (Å²) in [5.41, 5.74) is 3.58. The first-order chi connectivity index (χ1) is 20.1. The number of phenolic OH excluding ortho intramolecular Hbond substituents is 1. The summed E-state index contributed by atoms with van der Waals surface area (Å²) < 4.78 is 0. The van der Waals surface area contributed by atoms with Gasteiger partial charge in [0, 0.05) is 70.0 Å². The zero-order chi connectivity index (χ0) is 30.4. The average molecular weight is 577 g/mol. The molecule has 2 aliphatic rings. The number of piperidine rings is 1. The van der Waals surface area contributed by atoms with Gasteiger partial charge in [-0.2, -0.15) is 0 Å². The SMILES string of the molecule is CCCC(C(=Nc1ccc(CN2CCC(c3cccc(O)c3)(N(C)C)CC2)cc1C=O)N(C)C)N1CC(C)NC(C)C1. The van der Waals surface area contributed by atoms with Crippen molar-refractivity contribution in [2.75, 3.05) is 54.4 Å². The van der Waals surface area contributed by atoms with Gasteiger partial charge in [-0.3, -0.25) is 19.5 Å². The molecular weight excluding hydrogens is 524 g/mol. The van der Waals surface area contributed by atoms with Gasteiger partial charge in [0.05, 0.1) is 11.7 Å². The molecule has 230 valence electrons. The lowest BCUT2D eigenvalue weighted by Gasteiger charge is -2.46. The van der Waals surface area contributed by atoms with Gasteiger partial charge < -0.3 is 15.3 Å². The second-order valence-corrected chi connectivity index (χ2v) is 12.9. The molecule has 2 heterocycles. The smallest absolute Gasteiger partial charge is 0.152 e. The Morgan fingerprint density at radius 1 is 1.10 bits per heavy atom. The van der Waals surface area contributed by atoms with Crippen LogP contribution in [0.5, 0.6) is 5.75 Å². The van der Waals surface area contributed by atoms with E-state index in [0.29, 0.717) is 23.4 Å². The number of hydrogen-bond acceptors (Lipinski definition) is 7. The van der Waals surface area contributed by atoms with E-state index in [1.54, 1.807) is 6.07 Å². The molecule has 8 heteroatoms. The van der Waals surface area contributed by atoms with Crippen molar-refractivity contribution in [1.29, 1.82) is 0 Å². The third kappa shape index (κ3) is 7.40. The van der Waals surface area contributed by atoms with E-state index in [1.165, 1.54) is 5.56 Å². The van der Waals surface area contributed by atoms with E-state index < -0.39 is 0 Å². The highest BCUT2D eigenvalue weighted by Gasteiger charge is 2.38. The normalized spacial score (nSPS) is 22.7. The Hall–Kier alpha value is -2.78. The molecular formula is C34H52N6O2. The van der Waals surface area contributed by atoms with Gasteiger partial charge in [0.25, 0.3) is 0 Å². The second kappa shape index (κ2) is 14.1. The number of hydrogen-bond donors (Lipinski definition) is 2. The van der Waals surface area contributed by atoms with E-state index in [1.807, 2.05) is 24.3 Å². The van der Waals surface area contributed by atoms with Gasteiger partial charge >= 0.3 is 0 Å². The number of benzene rings is 2. The molecule has 2 N–H and O–H groups in total. The minimum Gasteiger partial charge on any atom is -0.508 e. The summed E-state index contributed by atoms with van der Waals surface area (Å²) in [6.07, 6.45) is 4.99. The predicted molar refractivity (Wildman–Crippen MR) is 173 cm³/mol. The van der Waals surface area contributed by atoms with Gasteiger partial charge in [-0.05, 0) is 82.6 Å². The number of rotatable bonds is 10. The molecule has 0 aliphatic carbocycles. The van der Waals surface area contributed by atoms with Crippen molar-refractivity contribution in [1.82, 2.24) is 24.9 Å². The fourth-order valence-electron chi connectivity index (χ4n) is 7.00. The molecule has 4 rings (SSSR count). The Kier molecular flexibility index (Phi) is 10.8. The topological polar surface area (TPSA) is 74.7 Å². The van der Waals surface area contributed by atoms with Crippen LogP contribution in [0.1, 0.15) is 67.9 Å². The van der Waals surface area contributed by atoms with E-state index >= 15 is 0 Å². The Balaban J connectivity index is 1.52. The van der Waals surface area contributed by atoms with Crippen LogP contribution in [0, 0.1) is 0 Å². The molecule has 2 aromatic rings. The van der Waals surface area contributed by atoms with Crippen molar-refractivity contribution < 1.29 is 9.90 Å². The third-order valence-electron chi connectivity index (χ3n) is 9.13. The minimum atomic E-state index is -0.0978. The number of aldehydes is 1. The van der Waals surface area contributed by atoms with Crippen LogP contribution >= 0.6 is 0 Å². The lowest BCUT2D eigenvalue weighted by molar-refractivity contribution is 0.0506. The summed E-state index contributed by atoms with van der Waals surface area (Å²) in [6.45, 7) is 11.4. The number of likely N-dealkylation sites (tertiary alicyclic amines) is 1. The molecule has 2 saturated heterocycles. The van der Waals surface area contributed by atoms with Crippen LogP contribution in [0.3, 0.4) is 0 Å². The summed E-state index contributed by atoms with van der Waals surface area (Å²) in [6, 6.07) is 14.9. The molecule has 0 spiro atoms. The standard InChI is InChI=1S/C34H52N6O2/c1-8-10-32(40-21-25(2)35-26(3)22-40)33(37(4)5)36-31-14-13-27(19-28(31)24-41)23-39-17-15-34(16-18-39,38(6)7)29-11-9-12-30(42)20-29/h9,11-14,19-20,24-26,32,35,42H,8,10,15-18,21-23H2,1-7H3. The van der Waals surface area contributed by atoms with Crippen LogP contribution in [0.4, 0.5) is 5.69 Å². The number of likely N-dealkylation sites (N-methyl/N-ethyl adjacent to an activating group) is 1. The van der Waals surface area contributed by atoms with Gasteiger partial charge in [0.2, 0.25) is 0 Å². The van der Waals surface area contributed by atoms with Crippen molar-refractivity contribution in [3.8, 4) is 5.75 Å². The number of nitrogens with zero attached hydrogens (tertiary/aromatic N) is 5. The van der Waals surface area contributed by atoms with Crippen molar-refractivity contribution >= 4 is 17.8 Å². The predicted octanol–water partition coefficient (Wildman–Crippen LogP) is 4.70. The number of phenols is 1. The highest BCUT2D eigenvalue weighted by atomic mass is 16.3. The fourth-order valence-corrected chi connectivity index (χ4v) is 7.00.